The third-order valence-electron chi connectivity index (χ3n) is 5.02. The summed E-state index contributed by atoms with van der Waals surface area (Å²) in [4.78, 5) is 17.9. The van der Waals surface area contributed by atoms with Gasteiger partial charge in [0.25, 0.3) is 0 Å². The average molecular weight is 419 g/mol. The molecule has 1 aliphatic heterocycles. The summed E-state index contributed by atoms with van der Waals surface area (Å²) in [6.07, 6.45) is 0.263. The van der Waals surface area contributed by atoms with Gasteiger partial charge < -0.3 is 14.5 Å². The molecule has 0 bridgehead atoms. The molecule has 7 heteroatoms. The molecule has 146 valence electrons. The third-order valence-corrected chi connectivity index (χ3v) is 5.34. The number of fused-ring (bicyclic) bond motifs is 3. The van der Waals surface area contributed by atoms with Gasteiger partial charge in [-0.2, -0.15) is 0 Å². The van der Waals surface area contributed by atoms with E-state index in [1.807, 2.05) is 42.5 Å². The summed E-state index contributed by atoms with van der Waals surface area (Å²) in [5.41, 5.74) is 3.38. The lowest BCUT2D eigenvalue weighted by molar-refractivity contribution is 0.0828. The van der Waals surface area contributed by atoms with E-state index in [0.29, 0.717) is 18.0 Å². The molecule has 0 spiro atoms. The lowest BCUT2D eigenvalue weighted by atomic mass is 9.92. The smallest absolute Gasteiger partial charge is 0.412 e. The number of amides is 1. The van der Waals surface area contributed by atoms with Crippen molar-refractivity contribution < 1.29 is 14.3 Å². The number of aromatic nitrogens is 1. The van der Waals surface area contributed by atoms with Crippen LogP contribution in [0.3, 0.4) is 0 Å². The van der Waals surface area contributed by atoms with Crippen LogP contribution < -0.4 is 4.74 Å². The summed E-state index contributed by atoms with van der Waals surface area (Å²) >= 11 is 12.1. The Morgan fingerprint density at radius 2 is 2.00 bits per heavy atom. The van der Waals surface area contributed by atoms with Gasteiger partial charge in [-0.1, -0.05) is 35.3 Å². The van der Waals surface area contributed by atoms with E-state index in [0.717, 1.165) is 27.9 Å². The minimum absolute atomic E-state index is 0.316. The zero-order chi connectivity index (χ0) is 19.8. The average Bonchev–Trinajstić information content (AvgIpc) is 3.04. The summed E-state index contributed by atoms with van der Waals surface area (Å²) in [7, 11) is 1.63. The number of carbonyl (C=O) groups excluding carboxylic acids is 1. The second-order valence-corrected chi connectivity index (χ2v) is 7.80. The maximum atomic E-state index is 12.8. The number of nitrogens with one attached hydrogen (secondary N) is 1. The molecule has 2 atom stereocenters. The Kier molecular flexibility index (Phi) is 5.13. The van der Waals surface area contributed by atoms with Crippen LogP contribution in [-0.2, 0) is 11.2 Å². The molecule has 2 aromatic carbocycles. The largest absolute Gasteiger partial charge is 0.497 e. The Morgan fingerprint density at radius 3 is 2.68 bits per heavy atom. The quantitative estimate of drug-likeness (QED) is 0.571. The topological polar surface area (TPSA) is 54.6 Å². The summed E-state index contributed by atoms with van der Waals surface area (Å²) in [5.74, 6) is 0.756. The number of hydrogen-bond donors (Lipinski definition) is 1. The molecule has 0 fully saturated rings. The van der Waals surface area contributed by atoms with Crippen LogP contribution in [-0.4, -0.2) is 35.2 Å². The molecular formula is C21H20Cl2N2O3. The fourth-order valence-electron chi connectivity index (χ4n) is 3.80. The number of halogens is 2. The number of alkyl halides is 1. The molecule has 0 aliphatic carbocycles. The summed E-state index contributed by atoms with van der Waals surface area (Å²) < 4.78 is 10.6. The predicted octanol–water partition coefficient (Wildman–Crippen LogP) is 5.50. The Balaban J connectivity index is 1.84. The molecule has 1 aliphatic rings. The van der Waals surface area contributed by atoms with E-state index < -0.39 is 11.7 Å². The molecule has 0 saturated carbocycles. The maximum Gasteiger partial charge on any atom is 0.412 e. The molecule has 28 heavy (non-hydrogen) atoms. The number of aromatic amines is 1. The fourth-order valence-corrected chi connectivity index (χ4v) is 4.05. The van der Waals surface area contributed by atoms with Gasteiger partial charge in [-0.05, 0) is 54.8 Å². The van der Waals surface area contributed by atoms with E-state index >= 15 is 0 Å². The van der Waals surface area contributed by atoms with Gasteiger partial charge in [-0.15, -0.1) is 0 Å². The number of hydrogen-bond acceptors (Lipinski definition) is 3. The van der Waals surface area contributed by atoms with E-state index in [4.69, 9.17) is 32.7 Å². The van der Waals surface area contributed by atoms with Crippen LogP contribution in [0.2, 0.25) is 5.02 Å². The number of nitrogens with zero attached hydrogens (tertiary/aromatic N) is 1. The van der Waals surface area contributed by atoms with Crippen molar-refractivity contribution in [3.63, 3.8) is 0 Å². The molecule has 5 nitrogen and oxygen atoms in total. The van der Waals surface area contributed by atoms with Crippen LogP contribution >= 0.6 is 23.2 Å². The molecular weight excluding hydrogens is 399 g/mol. The van der Waals surface area contributed by atoms with Crippen molar-refractivity contribution in [2.24, 2.45) is 0 Å². The van der Waals surface area contributed by atoms with Crippen LogP contribution in [0.4, 0.5) is 4.79 Å². The lowest BCUT2D eigenvalue weighted by Gasteiger charge is -2.35. The highest BCUT2D eigenvalue weighted by Crippen LogP contribution is 2.39. The zero-order valence-electron chi connectivity index (χ0n) is 15.5. The first kappa shape index (κ1) is 19.0. The fraction of sp³-hybridized carbons (Fsp3) is 0.286. The van der Waals surface area contributed by atoms with E-state index in [2.05, 4.69) is 4.98 Å². The van der Waals surface area contributed by atoms with Gasteiger partial charge in [-0.3, -0.25) is 4.90 Å². The SMILES string of the molecule is COc1ccc(C2c3[nH]c4ccc(Cl)cc4c3CCN2C(=O)OC(C)Cl)cc1. The van der Waals surface area contributed by atoms with E-state index in [-0.39, 0.29) is 6.04 Å². The van der Waals surface area contributed by atoms with Gasteiger partial charge in [0.15, 0.2) is 5.56 Å². The Bertz CT molecular complexity index is 1010. The van der Waals surface area contributed by atoms with Crippen molar-refractivity contribution in [1.29, 1.82) is 0 Å². The molecule has 0 radical (unpaired) electrons. The second kappa shape index (κ2) is 7.57. The number of methoxy groups -OCH3 is 1. The van der Waals surface area contributed by atoms with E-state index in [1.54, 1.807) is 18.9 Å². The lowest BCUT2D eigenvalue weighted by Crippen LogP contribution is -2.41. The predicted molar refractivity (Wildman–Crippen MR) is 110 cm³/mol. The molecule has 2 unspecified atom stereocenters. The van der Waals surface area contributed by atoms with Gasteiger partial charge in [0.1, 0.15) is 11.8 Å². The van der Waals surface area contributed by atoms with Crippen molar-refractivity contribution in [3.8, 4) is 5.75 Å². The maximum absolute atomic E-state index is 12.8. The number of rotatable bonds is 3. The minimum atomic E-state index is -0.702. The van der Waals surface area contributed by atoms with Crippen molar-refractivity contribution >= 4 is 40.2 Å². The molecule has 0 saturated heterocycles. The third kappa shape index (κ3) is 3.40. The summed E-state index contributed by atoms with van der Waals surface area (Å²) in [6, 6.07) is 13.2. The van der Waals surface area contributed by atoms with Crippen LogP contribution in [0, 0.1) is 0 Å². The van der Waals surface area contributed by atoms with Gasteiger partial charge in [-0.25, -0.2) is 4.79 Å². The van der Waals surface area contributed by atoms with Gasteiger partial charge in [0, 0.05) is 28.2 Å². The van der Waals surface area contributed by atoms with Gasteiger partial charge >= 0.3 is 6.09 Å². The minimum Gasteiger partial charge on any atom is -0.497 e. The van der Waals surface area contributed by atoms with Gasteiger partial charge in [0.05, 0.1) is 7.11 Å². The molecule has 1 N–H and O–H groups in total. The number of ether oxygens (including phenoxy) is 2. The van der Waals surface area contributed by atoms with Crippen molar-refractivity contribution in [3.05, 3.63) is 64.3 Å². The molecule has 3 aromatic rings. The number of benzene rings is 2. The summed E-state index contributed by atoms with van der Waals surface area (Å²) in [5, 5.41) is 1.77. The van der Waals surface area contributed by atoms with E-state index in [1.165, 1.54) is 5.56 Å². The first-order valence-electron chi connectivity index (χ1n) is 9.03. The summed E-state index contributed by atoms with van der Waals surface area (Å²) in [6.45, 7) is 2.15. The van der Waals surface area contributed by atoms with Crippen LogP contribution in [0.15, 0.2) is 42.5 Å². The van der Waals surface area contributed by atoms with Crippen LogP contribution in [0.25, 0.3) is 10.9 Å². The van der Waals surface area contributed by atoms with Crippen LogP contribution in [0.5, 0.6) is 5.75 Å². The normalized spacial score (nSPS) is 17.3. The Morgan fingerprint density at radius 1 is 1.25 bits per heavy atom. The second-order valence-electron chi connectivity index (χ2n) is 6.75. The number of carbonyl (C=O) groups is 1. The Hall–Kier alpha value is -2.37. The van der Waals surface area contributed by atoms with Crippen molar-refractivity contribution in [1.82, 2.24) is 9.88 Å². The Labute approximate surface area is 173 Å². The highest BCUT2D eigenvalue weighted by atomic mass is 35.5. The van der Waals surface area contributed by atoms with Crippen LogP contribution in [0.1, 0.15) is 29.8 Å². The number of H-pyrrole nitrogens is 1. The highest BCUT2D eigenvalue weighted by molar-refractivity contribution is 6.31. The molecule has 4 rings (SSSR count). The van der Waals surface area contributed by atoms with Crippen molar-refractivity contribution in [2.45, 2.75) is 24.9 Å². The molecule has 2 heterocycles. The first-order chi connectivity index (χ1) is 13.5. The zero-order valence-corrected chi connectivity index (χ0v) is 17.1. The van der Waals surface area contributed by atoms with E-state index in [9.17, 15) is 4.79 Å². The molecule has 1 amide bonds. The van der Waals surface area contributed by atoms with Gasteiger partial charge in [0.2, 0.25) is 0 Å². The standard InChI is InChI=1S/C21H20Cl2N2O3/c1-12(22)28-21(26)25-10-9-16-17-11-14(23)5-8-18(17)24-19(16)20(25)13-3-6-15(27-2)7-4-13/h3-8,11-12,20,24H,9-10H2,1-2H3. The molecule has 1 aromatic heterocycles. The first-order valence-corrected chi connectivity index (χ1v) is 9.84. The monoisotopic (exact) mass is 418 g/mol. The highest BCUT2D eigenvalue weighted by Gasteiger charge is 2.35. The van der Waals surface area contributed by atoms with Crippen molar-refractivity contribution in [2.75, 3.05) is 13.7 Å².